The molecule has 0 aliphatic carbocycles. The molecular weight excluding hydrogens is 274 g/mol. The van der Waals surface area contributed by atoms with Crippen molar-refractivity contribution >= 4 is 0 Å². The average molecular weight is 293 g/mol. The van der Waals surface area contributed by atoms with Crippen LogP contribution in [0.4, 0.5) is 0 Å². The van der Waals surface area contributed by atoms with Gasteiger partial charge in [-0.25, -0.2) is 4.98 Å². The first-order valence-corrected chi connectivity index (χ1v) is 7.46. The van der Waals surface area contributed by atoms with Gasteiger partial charge >= 0.3 is 0 Å². The zero-order valence-electron chi connectivity index (χ0n) is 12.7. The van der Waals surface area contributed by atoms with Gasteiger partial charge in [-0.2, -0.15) is 0 Å². The Morgan fingerprint density at radius 2 is 1.64 bits per heavy atom. The van der Waals surface area contributed by atoms with E-state index in [-0.39, 0.29) is 0 Å². The summed E-state index contributed by atoms with van der Waals surface area (Å²) < 4.78 is 11.5. The van der Waals surface area contributed by atoms with E-state index in [0.29, 0.717) is 19.1 Å². The molecule has 22 heavy (non-hydrogen) atoms. The van der Waals surface area contributed by atoms with Crippen molar-refractivity contribution in [2.75, 3.05) is 6.61 Å². The van der Waals surface area contributed by atoms with Crippen LogP contribution in [-0.2, 0) is 17.8 Å². The molecule has 1 aromatic heterocycles. The van der Waals surface area contributed by atoms with Gasteiger partial charge in [0, 0.05) is 12.0 Å². The number of oxazole rings is 1. The molecule has 0 amide bonds. The van der Waals surface area contributed by atoms with Crippen LogP contribution in [0.1, 0.15) is 17.0 Å². The fourth-order valence-corrected chi connectivity index (χ4v) is 2.30. The highest BCUT2D eigenvalue weighted by molar-refractivity contribution is 5.53. The second-order valence-electron chi connectivity index (χ2n) is 5.18. The molecule has 3 heteroatoms. The molecule has 0 fully saturated rings. The van der Waals surface area contributed by atoms with E-state index in [4.69, 9.17) is 9.15 Å². The SMILES string of the molecule is Cc1oc(-c2ccccc2)nc1CCOCc1ccccc1. The summed E-state index contributed by atoms with van der Waals surface area (Å²) in [6.07, 6.45) is 0.759. The van der Waals surface area contributed by atoms with Gasteiger partial charge in [-0.15, -0.1) is 0 Å². The molecule has 3 rings (SSSR count). The second kappa shape index (κ2) is 7.05. The van der Waals surface area contributed by atoms with Crippen molar-refractivity contribution in [3.63, 3.8) is 0 Å². The Hall–Kier alpha value is -2.39. The summed E-state index contributed by atoms with van der Waals surface area (Å²) in [5, 5.41) is 0. The zero-order valence-corrected chi connectivity index (χ0v) is 12.7. The monoisotopic (exact) mass is 293 g/mol. The van der Waals surface area contributed by atoms with E-state index in [0.717, 1.165) is 23.4 Å². The van der Waals surface area contributed by atoms with Gasteiger partial charge in [0.15, 0.2) is 0 Å². The Morgan fingerprint density at radius 1 is 0.955 bits per heavy atom. The lowest BCUT2D eigenvalue weighted by atomic mass is 10.2. The van der Waals surface area contributed by atoms with Crippen molar-refractivity contribution < 1.29 is 9.15 Å². The van der Waals surface area contributed by atoms with Crippen LogP contribution in [-0.4, -0.2) is 11.6 Å². The zero-order chi connectivity index (χ0) is 15.2. The first-order valence-electron chi connectivity index (χ1n) is 7.46. The van der Waals surface area contributed by atoms with E-state index < -0.39 is 0 Å². The molecule has 0 bridgehead atoms. The molecule has 2 aromatic carbocycles. The summed E-state index contributed by atoms with van der Waals surface area (Å²) in [6, 6.07) is 20.1. The smallest absolute Gasteiger partial charge is 0.226 e. The number of aromatic nitrogens is 1. The number of ether oxygens (including phenoxy) is 1. The molecule has 3 aromatic rings. The van der Waals surface area contributed by atoms with Gasteiger partial charge in [0.2, 0.25) is 5.89 Å². The number of aryl methyl sites for hydroxylation is 1. The number of hydrogen-bond donors (Lipinski definition) is 0. The van der Waals surface area contributed by atoms with E-state index in [1.165, 1.54) is 5.56 Å². The Balaban J connectivity index is 1.56. The van der Waals surface area contributed by atoms with Crippen LogP contribution in [0.2, 0.25) is 0 Å². The van der Waals surface area contributed by atoms with E-state index >= 15 is 0 Å². The third-order valence-electron chi connectivity index (χ3n) is 3.51. The molecule has 0 saturated heterocycles. The molecule has 0 unspecified atom stereocenters. The molecule has 0 N–H and O–H groups in total. The Bertz CT molecular complexity index is 705. The Morgan fingerprint density at radius 3 is 2.36 bits per heavy atom. The fourth-order valence-electron chi connectivity index (χ4n) is 2.30. The lowest BCUT2D eigenvalue weighted by Crippen LogP contribution is -2.00. The maximum Gasteiger partial charge on any atom is 0.226 e. The molecular formula is C19H19NO2. The van der Waals surface area contributed by atoms with E-state index in [1.54, 1.807) is 0 Å². The predicted molar refractivity (Wildman–Crippen MR) is 86.5 cm³/mol. The number of benzene rings is 2. The van der Waals surface area contributed by atoms with Crippen LogP contribution in [0.3, 0.4) is 0 Å². The molecule has 0 spiro atoms. The van der Waals surface area contributed by atoms with Gasteiger partial charge in [0.1, 0.15) is 5.76 Å². The van der Waals surface area contributed by atoms with Crippen molar-refractivity contribution in [2.24, 2.45) is 0 Å². The summed E-state index contributed by atoms with van der Waals surface area (Å²) in [5.41, 5.74) is 3.15. The molecule has 0 radical (unpaired) electrons. The van der Waals surface area contributed by atoms with Gasteiger partial charge < -0.3 is 9.15 Å². The third kappa shape index (κ3) is 3.62. The molecule has 0 aliphatic heterocycles. The van der Waals surface area contributed by atoms with E-state index in [2.05, 4.69) is 17.1 Å². The second-order valence-corrected chi connectivity index (χ2v) is 5.18. The Labute approximate surface area is 130 Å². The van der Waals surface area contributed by atoms with Crippen LogP contribution >= 0.6 is 0 Å². The molecule has 0 saturated carbocycles. The van der Waals surface area contributed by atoms with Crippen LogP contribution in [0.15, 0.2) is 65.1 Å². The van der Waals surface area contributed by atoms with Crippen LogP contribution < -0.4 is 0 Å². The molecule has 0 atom stereocenters. The van der Waals surface area contributed by atoms with Gasteiger partial charge in [0.05, 0.1) is 18.9 Å². The van der Waals surface area contributed by atoms with Crippen LogP contribution in [0.5, 0.6) is 0 Å². The number of nitrogens with zero attached hydrogens (tertiary/aromatic N) is 1. The van der Waals surface area contributed by atoms with Crippen molar-refractivity contribution in [3.8, 4) is 11.5 Å². The number of rotatable bonds is 6. The van der Waals surface area contributed by atoms with E-state index in [9.17, 15) is 0 Å². The van der Waals surface area contributed by atoms with Crippen molar-refractivity contribution in [3.05, 3.63) is 77.7 Å². The topological polar surface area (TPSA) is 35.3 Å². The van der Waals surface area contributed by atoms with Gasteiger partial charge in [-0.05, 0) is 24.6 Å². The summed E-state index contributed by atoms with van der Waals surface area (Å²) in [7, 11) is 0. The normalized spacial score (nSPS) is 10.8. The predicted octanol–water partition coefficient (Wildman–Crippen LogP) is 4.41. The maximum absolute atomic E-state index is 5.75. The number of hydrogen-bond acceptors (Lipinski definition) is 3. The lowest BCUT2D eigenvalue weighted by Gasteiger charge is -2.03. The fraction of sp³-hybridized carbons (Fsp3) is 0.211. The minimum atomic E-state index is 0.628. The minimum Gasteiger partial charge on any atom is -0.441 e. The van der Waals surface area contributed by atoms with Crippen LogP contribution in [0, 0.1) is 6.92 Å². The van der Waals surface area contributed by atoms with Crippen molar-refractivity contribution in [2.45, 2.75) is 20.0 Å². The quantitative estimate of drug-likeness (QED) is 0.631. The van der Waals surface area contributed by atoms with Gasteiger partial charge in [-0.3, -0.25) is 0 Å². The van der Waals surface area contributed by atoms with Crippen molar-refractivity contribution in [1.29, 1.82) is 0 Å². The largest absolute Gasteiger partial charge is 0.441 e. The standard InChI is InChI=1S/C19H19NO2/c1-15-18(12-13-21-14-16-8-4-2-5-9-16)20-19(22-15)17-10-6-3-7-11-17/h2-11H,12-14H2,1H3. The highest BCUT2D eigenvalue weighted by Crippen LogP contribution is 2.21. The maximum atomic E-state index is 5.75. The Kier molecular flexibility index (Phi) is 4.66. The summed E-state index contributed by atoms with van der Waals surface area (Å²) in [6.45, 7) is 3.21. The highest BCUT2D eigenvalue weighted by atomic mass is 16.5. The van der Waals surface area contributed by atoms with Gasteiger partial charge in [-0.1, -0.05) is 48.5 Å². The third-order valence-corrected chi connectivity index (χ3v) is 3.51. The first kappa shape index (κ1) is 14.5. The van der Waals surface area contributed by atoms with Crippen LogP contribution in [0.25, 0.3) is 11.5 Å². The van der Waals surface area contributed by atoms with E-state index in [1.807, 2.05) is 55.5 Å². The average Bonchev–Trinajstić information content (AvgIpc) is 2.94. The van der Waals surface area contributed by atoms with Crippen molar-refractivity contribution in [1.82, 2.24) is 4.98 Å². The molecule has 1 heterocycles. The molecule has 112 valence electrons. The highest BCUT2D eigenvalue weighted by Gasteiger charge is 2.10. The summed E-state index contributed by atoms with van der Waals surface area (Å²) in [4.78, 5) is 4.58. The minimum absolute atomic E-state index is 0.628. The summed E-state index contributed by atoms with van der Waals surface area (Å²) >= 11 is 0. The summed E-state index contributed by atoms with van der Waals surface area (Å²) in [5.74, 6) is 1.54. The van der Waals surface area contributed by atoms with Gasteiger partial charge in [0.25, 0.3) is 0 Å². The lowest BCUT2D eigenvalue weighted by molar-refractivity contribution is 0.123. The molecule has 3 nitrogen and oxygen atoms in total. The first-order chi connectivity index (χ1) is 10.8. The molecule has 0 aliphatic rings.